The Labute approximate surface area is 116 Å². The van der Waals surface area contributed by atoms with Crippen LogP contribution in [0.15, 0.2) is 18.2 Å². The molecule has 2 unspecified atom stereocenters. The number of methoxy groups -OCH3 is 1. The minimum Gasteiger partial charge on any atom is -0.380 e. The summed E-state index contributed by atoms with van der Waals surface area (Å²) in [4.78, 5) is 2.44. The van der Waals surface area contributed by atoms with E-state index in [2.05, 4.69) is 36.9 Å². The summed E-state index contributed by atoms with van der Waals surface area (Å²) in [6, 6.07) is 6.97. The van der Waals surface area contributed by atoms with Crippen LogP contribution in [0.5, 0.6) is 0 Å². The van der Waals surface area contributed by atoms with Crippen LogP contribution in [-0.2, 0) is 11.2 Å². The van der Waals surface area contributed by atoms with E-state index < -0.39 is 0 Å². The van der Waals surface area contributed by atoms with E-state index in [0.29, 0.717) is 6.10 Å². The van der Waals surface area contributed by atoms with E-state index in [1.807, 2.05) is 0 Å². The molecule has 0 spiro atoms. The molecule has 0 bridgehead atoms. The van der Waals surface area contributed by atoms with Crippen LogP contribution in [0.3, 0.4) is 0 Å². The van der Waals surface area contributed by atoms with Gasteiger partial charge in [0.2, 0.25) is 0 Å². The normalized spacial score (nSPS) is 20.8. The predicted molar refractivity (Wildman–Crippen MR) is 80.8 cm³/mol. The third-order valence-corrected chi connectivity index (χ3v) is 4.06. The van der Waals surface area contributed by atoms with Crippen molar-refractivity contribution in [2.24, 2.45) is 5.73 Å². The van der Waals surface area contributed by atoms with Crippen molar-refractivity contribution in [3.05, 3.63) is 29.3 Å². The smallest absolute Gasteiger partial charge is 0.0762 e. The van der Waals surface area contributed by atoms with Crippen molar-refractivity contribution in [2.45, 2.75) is 45.3 Å². The first-order valence-electron chi connectivity index (χ1n) is 7.27. The maximum atomic E-state index is 6.13. The number of aryl methyl sites for hydroxylation is 1. The third kappa shape index (κ3) is 3.48. The number of hydrogen-bond donors (Lipinski definition) is 1. The van der Waals surface area contributed by atoms with Gasteiger partial charge < -0.3 is 15.4 Å². The molecule has 1 fully saturated rings. The summed E-state index contributed by atoms with van der Waals surface area (Å²) in [5.41, 5.74) is 10.2. The Kier molecular flexibility index (Phi) is 4.83. The van der Waals surface area contributed by atoms with Gasteiger partial charge in [-0.3, -0.25) is 0 Å². The van der Waals surface area contributed by atoms with Crippen molar-refractivity contribution in [2.75, 3.05) is 25.1 Å². The summed E-state index contributed by atoms with van der Waals surface area (Å²) in [6.07, 6.45) is 3.47. The van der Waals surface area contributed by atoms with E-state index in [1.165, 1.54) is 16.8 Å². The lowest BCUT2D eigenvalue weighted by Crippen LogP contribution is -2.26. The van der Waals surface area contributed by atoms with Gasteiger partial charge >= 0.3 is 0 Å². The van der Waals surface area contributed by atoms with E-state index in [1.54, 1.807) is 7.11 Å². The molecule has 1 aliphatic heterocycles. The van der Waals surface area contributed by atoms with Gasteiger partial charge in [0.25, 0.3) is 0 Å². The lowest BCUT2D eigenvalue weighted by molar-refractivity contribution is 0.121. The number of nitrogens with zero attached hydrogens (tertiary/aromatic N) is 1. The molecule has 3 heteroatoms. The Morgan fingerprint density at radius 1 is 1.47 bits per heavy atom. The Balaban J connectivity index is 2.19. The Morgan fingerprint density at radius 3 is 2.89 bits per heavy atom. The molecule has 0 saturated carbocycles. The fraction of sp³-hybridized carbons (Fsp3) is 0.625. The van der Waals surface area contributed by atoms with Crippen LogP contribution in [0.25, 0.3) is 0 Å². The second-order valence-corrected chi connectivity index (χ2v) is 5.60. The van der Waals surface area contributed by atoms with Gasteiger partial charge in [-0.2, -0.15) is 0 Å². The van der Waals surface area contributed by atoms with E-state index in [-0.39, 0.29) is 6.04 Å². The second kappa shape index (κ2) is 6.40. The van der Waals surface area contributed by atoms with Crippen molar-refractivity contribution in [1.29, 1.82) is 0 Å². The summed E-state index contributed by atoms with van der Waals surface area (Å²) in [6.45, 7) is 6.37. The van der Waals surface area contributed by atoms with Gasteiger partial charge in [0.15, 0.2) is 0 Å². The van der Waals surface area contributed by atoms with Gasteiger partial charge in [-0.15, -0.1) is 0 Å². The van der Waals surface area contributed by atoms with Crippen molar-refractivity contribution >= 4 is 5.69 Å². The van der Waals surface area contributed by atoms with Crippen LogP contribution < -0.4 is 10.6 Å². The lowest BCUT2D eigenvalue weighted by Gasteiger charge is -2.23. The maximum Gasteiger partial charge on any atom is 0.0762 e. The van der Waals surface area contributed by atoms with E-state index in [9.17, 15) is 0 Å². The first kappa shape index (κ1) is 14.4. The summed E-state index contributed by atoms with van der Waals surface area (Å²) in [7, 11) is 1.80. The van der Waals surface area contributed by atoms with Crippen LogP contribution in [-0.4, -0.2) is 32.3 Å². The molecule has 1 heterocycles. The molecule has 1 aromatic rings. The number of anilines is 1. The SMILES string of the molecule is CCC(N)Cc1cc(C)ccc1N1CCC(OC)C1. The van der Waals surface area contributed by atoms with Crippen molar-refractivity contribution < 1.29 is 4.74 Å². The summed E-state index contributed by atoms with van der Waals surface area (Å²) >= 11 is 0. The highest BCUT2D eigenvalue weighted by atomic mass is 16.5. The van der Waals surface area contributed by atoms with E-state index in [4.69, 9.17) is 10.5 Å². The highest BCUT2D eigenvalue weighted by Crippen LogP contribution is 2.27. The highest BCUT2D eigenvalue weighted by molar-refractivity contribution is 5.56. The Bertz CT molecular complexity index is 419. The zero-order valence-corrected chi connectivity index (χ0v) is 12.4. The molecule has 1 aromatic carbocycles. The summed E-state index contributed by atoms with van der Waals surface area (Å²) in [5.74, 6) is 0. The number of nitrogens with two attached hydrogens (primary N) is 1. The monoisotopic (exact) mass is 262 g/mol. The molecule has 106 valence electrons. The van der Waals surface area contributed by atoms with Crippen molar-refractivity contribution in [3.8, 4) is 0 Å². The minimum absolute atomic E-state index is 0.251. The van der Waals surface area contributed by atoms with Crippen LogP contribution in [0.1, 0.15) is 30.9 Å². The van der Waals surface area contributed by atoms with Crippen LogP contribution >= 0.6 is 0 Å². The zero-order chi connectivity index (χ0) is 13.8. The average Bonchev–Trinajstić information content (AvgIpc) is 2.87. The number of ether oxygens (including phenoxy) is 1. The first-order valence-corrected chi connectivity index (χ1v) is 7.27. The minimum atomic E-state index is 0.251. The van der Waals surface area contributed by atoms with E-state index in [0.717, 1.165) is 32.4 Å². The largest absolute Gasteiger partial charge is 0.380 e. The fourth-order valence-electron chi connectivity index (χ4n) is 2.75. The average molecular weight is 262 g/mol. The molecule has 0 aromatic heterocycles. The van der Waals surface area contributed by atoms with Crippen molar-refractivity contribution in [1.82, 2.24) is 0 Å². The van der Waals surface area contributed by atoms with Crippen LogP contribution in [0.4, 0.5) is 5.69 Å². The van der Waals surface area contributed by atoms with Crippen LogP contribution in [0.2, 0.25) is 0 Å². The van der Waals surface area contributed by atoms with Gasteiger partial charge in [-0.05, 0) is 37.8 Å². The molecule has 2 rings (SSSR count). The molecular formula is C16H26N2O. The van der Waals surface area contributed by atoms with Gasteiger partial charge in [0.1, 0.15) is 0 Å². The van der Waals surface area contributed by atoms with Gasteiger partial charge in [-0.25, -0.2) is 0 Å². The summed E-state index contributed by atoms with van der Waals surface area (Å²) < 4.78 is 5.46. The highest BCUT2D eigenvalue weighted by Gasteiger charge is 2.24. The first-order chi connectivity index (χ1) is 9.13. The molecule has 2 N–H and O–H groups in total. The third-order valence-electron chi connectivity index (χ3n) is 4.06. The fourth-order valence-corrected chi connectivity index (χ4v) is 2.75. The molecule has 1 aliphatic rings. The predicted octanol–water partition coefficient (Wildman–Crippen LogP) is 2.50. The molecule has 0 aliphatic carbocycles. The van der Waals surface area contributed by atoms with Crippen LogP contribution in [0, 0.1) is 6.92 Å². The lowest BCUT2D eigenvalue weighted by atomic mass is 10.00. The number of benzene rings is 1. The Morgan fingerprint density at radius 2 is 2.26 bits per heavy atom. The maximum absolute atomic E-state index is 6.13. The standard InChI is InChI=1S/C16H26N2O/c1-4-14(17)10-13-9-12(2)5-6-16(13)18-8-7-15(11-18)19-3/h5-6,9,14-15H,4,7-8,10-11,17H2,1-3H3. The van der Waals surface area contributed by atoms with Gasteiger partial charge in [0.05, 0.1) is 6.10 Å². The molecule has 0 amide bonds. The molecular weight excluding hydrogens is 236 g/mol. The molecule has 19 heavy (non-hydrogen) atoms. The molecule has 0 radical (unpaired) electrons. The number of rotatable bonds is 5. The topological polar surface area (TPSA) is 38.5 Å². The van der Waals surface area contributed by atoms with Gasteiger partial charge in [0, 0.05) is 31.9 Å². The van der Waals surface area contributed by atoms with E-state index >= 15 is 0 Å². The molecule has 1 saturated heterocycles. The van der Waals surface area contributed by atoms with Gasteiger partial charge in [-0.1, -0.05) is 24.6 Å². The zero-order valence-electron chi connectivity index (χ0n) is 12.4. The summed E-state index contributed by atoms with van der Waals surface area (Å²) in [5, 5.41) is 0. The molecule has 2 atom stereocenters. The second-order valence-electron chi connectivity index (χ2n) is 5.60. The quantitative estimate of drug-likeness (QED) is 0.886. The van der Waals surface area contributed by atoms with Crippen molar-refractivity contribution in [3.63, 3.8) is 0 Å². The number of hydrogen-bond acceptors (Lipinski definition) is 3. The Hall–Kier alpha value is -1.06. The molecule has 3 nitrogen and oxygen atoms in total.